The monoisotopic (exact) mass is 892 g/mol. The summed E-state index contributed by atoms with van der Waals surface area (Å²) in [5, 5.41) is 19.9. The van der Waals surface area contributed by atoms with Crippen LogP contribution in [0, 0.1) is 10.2 Å². The first kappa shape index (κ1) is 39.8. The molecule has 0 aliphatic carbocycles. The Morgan fingerprint density at radius 2 is 0.714 bits per heavy atom. The van der Waals surface area contributed by atoms with Crippen LogP contribution in [0.5, 0.6) is 0 Å². The van der Waals surface area contributed by atoms with Gasteiger partial charge in [-0.05, 0) is 67.3 Å². The van der Waals surface area contributed by atoms with Crippen LogP contribution in [0.2, 0.25) is 0 Å². The molecule has 0 fully saturated rings. The Morgan fingerprint density at radius 1 is 0.490 bits per heavy atom. The van der Waals surface area contributed by atoms with E-state index >= 15 is 0 Å². The molecule has 0 spiro atoms. The average Bonchev–Trinajstić information content (AvgIpc) is 3.13. The third kappa shape index (κ3) is 12.0. The van der Waals surface area contributed by atoms with Gasteiger partial charge < -0.3 is 9.84 Å². The molecule has 49 heavy (non-hydrogen) atoms. The van der Waals surface area contributed by atoms with E-state index in [9.17, 15) is 5.11 Å². The SMILES string of the molecule is CO/C([O-])=C\[P+](c1ccccc1)(c1ccccc1)c1ccccc1.[Au+].[O-][Cl+3]([O-])([O-])[O-].c1ccc(P(c2ccccc2)c2ccccc2)cc1. The van der Waals surface area contributed by atoms with Gasteiger partial charge in [0.1, 0.15) is 23.2 Å². The predicted octanol–water partition coefficient (Wildman–Crippen LogP) is 1.47. The first-order valence-corrected chi connectivity index (χ1v) is 19.2. The summed E-state index contributed by atoms with van der Waals surface area (Å²) >= 11 is 0. The molecule has 6 aromatic rings. The van der Waals surface area contributed by atoms with E-state index in [1.807, 2.05) is 54.6 Å². The van der Waals surface area contributed by atoms with Crippen molar-refractivity contribution in [1.29, 1.82) is 0 Å². The Kier molecular flexibility index (Phi) is 16.4. The Balaban J connectivity index is 0.000000233. The Morgan fingerprint density at radius 3 is 0.939 bits per heavy atom. The molecule has 6 nitrogen and oxygen atoms in total. The maximum absolute atomic E-state index is 12.3. The summed E-state index contributed by atoms with van der Waals surface area (Å²) in [7, 11) is -6.19. The fraction of sp³-hybridized carbons (Fsp3) is 0.0256. The van der Waals surface area contributed by atoms with Crippen LogP contribution in [0.15, 0.2) is 194 Å². The van der Waals surface area contributed by atoms with Crippen LogP contribution in [-0.4, -0.2) is 7.11 Å². The molecule has 254 valence electrons. The van der Waals surface area contributed by atoms with Crippen molar-refractivity contribution in [3.8, 4) is 0 Å². The number of ether oxygens (including phenoxy) is 1. The Bertz CT molecular complexity index is 1600. The summed E-state index contributed by atoms with van der Waals surface area (Å²) in [6, 6.07) is 62.9. The van der Waals surface area contributed by atoms with E-state index in [1.165, 1.54) is 23.0 Å². The second-order valence-corrected chi connectivity index (χ2v) is 16.3. The van der Waals surface area contributed by atoms with Gasteiger partial charge in [0, 0.05) is 0 Å². The van der Waals surface area contributed by atoms with E-state index in [-0.39, 0.29) is 28.3 Å². The van der Waals surface area contributed by atoms with Gasteiger partial charge in [0.2, 0.25) is 0 Å². The summed E-state index contributed by atoms with van der Waals surface area (Å²) < 4.78 is 39.0. The summed E-state index contributed by atoms with van der Waals surface area (Å²) in [5.74, 6) is 1.47. The minimum absolute atomic E-state index is 0. The quantitative estimate of drug-likeness (QED) is 0.130. The van der Waals surface area contributed by atoms with Gasteiger partial charge in [-0.15, -0.1) is 10.2 Å². The summed E-state index contributed by atoms with van der Waals surface area (Å²) in [6.45, 7) is 0. The number of methoxy groups -OCH3 is 1. The molecule has 0 saturated heterocycles. The van der Waals surface area contributed by atoms with Crippen molar-refractivity contribution < 1.29 is 61.1 Å². The number of halogens is 1. The standard InChI is InChI=1S/C21H19O2P.C18H15P.Au.ClHO4/c1-23-21(22)17-24(18-11-5-2-6-12-18,19-13-7-3-8-14-19)20-15-9-4-10-16-20;1-4-10-16(11-5-1)19(17-12-6-2-7-13-17)18-14-8-3-9-15-18;;2-1(3,4)5/h2-17H,1H3;1-15H;;(H,2,3,4,5)/q;;+1;/p-1/b21-17-;;;. The summed E-state index contributed by atoms with van der Waals surface area (Å²) in [4.78, 5) is 0. The zero-order chi connectivity index (χ0) is 34.2. The van der Waals surface area contributed by atoms with Crippen molar-refractivity contribution in [2.75, 3.05) is 7.11 Å². The molecule has 0 amide bonds. The van der Waals surface area contributed by atoms with Gasteiger partial charge in [-0.25, -0.2) is 18.6 Å². The summed E-state index contributed by atoms with van der Waals surface area (Å²) in [5.41, 5.74) is 0. The Labute approximate surface area is 307 Å². The molecule has 0 radical (unpaired) electrons. The predicted molar refractivity (Wildman–Crippen MR) is 185 cm³/mol. The van der Waals surface area contributed by atoms with Gasteiger partial charge in [-0.2, -0.15) is 0 Å². The van der Waals surface area contributed by atoms with Crippen LogP contribution in [0.25, 0.3) is 0 Å². The van der Waals surface area contributed by atoms with Gasteiger partial charge in [0.05, 0.1) is 11.8 Å². The molecule has 0 saturated carbocycles. The van der Waals surface area contributed by atoms with Crippen LogP contribution < -0.4 is 55.6 Å². The van der Waals surface area contributed by atoms with Crippen LogP contribution in [0.3, 0.4) is 0 Å². The number of hydrogen-bond donors (Lipinski definition) is 0. The number of benzene rings is 6. The molecule has 0 atom stereocenters. The molecule has 0 heterocycles. The van der Waals surface area contributed by atoms with Crippen LogP contribution >= 0.6 is 15.2 Å². The van der Waals surface area contributed by atoms with Crippen molar-refractivity contribution in [3.05, 3.63) is 194 Å². The third-order valence-electron chi connectivity index (χ3n) is 7.03. The molecular weight excluding hydrogens is 859 g/mol. The molecule has 6 rings (SSSR count). The van der Waals surface area contributed by atoms with Crippen LogP contribution in [0.4, 0.5) is 0 Å². The van der Waals surface area contributed by atoms with Crippen molar-refractivity contribution >= 4 is 47.0 Å². The molecule has 0 aliphatic rings. The topological polar surface area (TPSA) is 125 Å². The largest absolute Gasteiger partial charge is 1.00 e. The van der Waals surface area contributed by atoms with Gasteiger partial charge in [-0.1, -0.05) is 146 Å². The van der Waals surface area contributed by atoms with E-state index in [2.05, 4.69) is 127 Å². The van der Waals surface area contributed by atoms with Crippen molar-refractivity contribution in [3.63, 3.8) is 0 Å². The fourth-order valence-corrected chi connectivity index (χ4v) is 11.0. The molecule has 0 aromatic heterocycles. The maximum atomic E-state index is 12.3. The van der Waals surface area contributed by atoms with E-state index in [4.69, 9.17) is 23.4 Å². The molecule has 6 aromatic carbocycles. The summed E-state index contributed by atoms with van der Waals surface area (Å²) in [6.07, 6.45) is 0. The first-order valence-electron chi connectivity index (χ1n) is 14.8. The van der Waals surface area contributed by atoms with Gasteiger partial charge >= 0.3 is 22.4 Å². The number of rotatable bonds is 8. The Hall–Kier alpha value is -3.61. The second-order valence-electron chi connectivity index (χ2n) is 10.1. The normalized spacial score (nSPS) is 11.2. The molecule has 10 heteroatoms. The zero-order valence-electron chi connectivity index (χ0n) is 26.4. The first-order chi connectivity index (χ1) is 23.2. The minimum atomic E-state index is -4.94. The molecule has 0 bridgehead atoms. The fourth-order valence-electron chi connectivity index (χ4n) is 5.05. The van der Waals surface area contributed by atoms with Crippen molar-refractivity contribution in [2.24, 2.45) is 0 Å². The van der Waals surface area contributed by atoms with E-state index in [0.29, 0.717) is 0 Å². The molecular formula is C39H34AuClO6P2. The van der Waals surface area contributed by atoms with Gasteiger partial charge in [-0.3, -0.25) is 0 Å². The van der Waals surface area contributed by atoms with E-state index in [1.54, 1.807) is 5.82 Å². The average molecular weight is 893 g/mol. The van der Waals surface area contributed by atoms with E-state index < -0.39 is 25.4 Å². The van der Waals surface area contributed by atoms with Crippen LogP contribution in [0.1, 0.15) is 0 Å². The van der Waals surface area contributed by atoms with Gasteiger partial charge in [0.25, 0.3) is 0 Å². The zero-order valence-corrected chi connectivity index (χ0v) is 31.1. The molecule has 0 aliphatic heterocycles. The van der Waals surface area contributed by atoms with E-state index in [0.717, 1.165) is 15.9 Å². The third-order valence-corrected chi connectivity index (χ3v) is 13.4. The second kappa shape index (κ2) is 20.2. The number of hydrogen-bond acceptors (Lipinski definition) is 6. The minimum Gasteiger partial charge on any atom is -0.614 e. The maximum Gasteiger partial charge on any atom is 1.00 e. The molecule has 0 N–H and O–H groups in total. The van der Waals surface area contributed by atoms with Crippen molar-refractivity contribution in [2.45, 2.75) is 0 Å². The van der Waals surface area contributed by atoms with Gasteiger partial charge in [0.15, 0.2) is 0 Å². The van der Waals surface area contributed by atoms with Crippen LogP contribution in [-0.2, 0) is 27.1 Å². The smallest absolute Gasteiger partial charge is 0.614 e. The molecule has 0 unspecified atom stereocenters. The van der Waals surface area contributed by atoms with Crippen molar-refractivity contribution in [1.82, 2.24) is 0 Å².